The number of methoxy groups -OCH3 is 2. The second-order valence-electron chi connectivity index (χ2n) is 7.65. The maximum Gasteiger partial charge on any atom is 0.230 e. The van der Waals surface area contributed by atoms with Crippen molar-refractivity contribution in [2.75, 3.05) is 27.4 Å². The van der Waals surface area contributed by atoms with E-state index in [1.807, 2.05) is 26.0 Å². The van der Waals surface area contributed by atoms with Gasteiger partial charge in [-0.05, 0) is 41.5 Å². The summed E-state index contributed by atoms with van der Waals surface area (Å²) in [5, 5.41) is 0. The molecule has 0 spiro atoms. The van der Waals surface area contributed by atoms with Gasteiger partial charge in [0.2, 0.25) is 11.8 Å². The highest BCUT2D eigenvalue weighted by Crippen LogP contribution is 2.36. The van der Waals surface area contributed by atoms with Gasteiger partial charge in [-0.25, -0.2) is 0 Å². The number of nitrogens with zero attached hydrogens (tertiary/aromatic N) is 2. The van der Waals surface area contributed by atoms with Crippen LogP contribution in [0.3, 0.4) is 0 Å². The molecule has 3 rings (SSSR count). The number of hydrogen-bond acceptors (Lipinski definition) is 5. The predicted octanol–water partition coefficient (Wildman–Crippen LogP) is 2.58. The molecule has 0 N–H and O–H groups in total. The van der Waals surface area contributed by atoms with Crippen LogP contribution in [0.5, 0.6) is 11.5 Å². The summed E-state index contributed by atoms with van der Waals surface area (Å²) in [5.41, 5.74) is 2.20. The standard InChI is InChI=1S/C20H28N2O4/c1-5-20(2)10-18(23)22(19(24)11-20)13-21-7-6-14-8-16(25-3)17(26-4)9-15(14)12-21/h8-9H,5-7,10-13H2,1-4H3. The topological polar surface area (TPSA) is 59.1 Å². The van der Waals surface area contributed by atoms with Crippen LogP contribution in [-0.2, 0) is 22.6 Å². The van der Waals surface area contributed by atoms with Crippen LogP contribution in [0.1, 0.15) is 44.2 Å². The van der Waals surface area contributed by atoms with E-state index < -0.39 is 0 Å². The van der Waals surface area contributed by atoms with Crippen LogP contribution in [-0.4, -0.2) is 49.0 Å². The Labute approximate surface area is 155 Å². The van der Waals surface area contributed by atoms with Gasteiger partial charge >= 0.3 is 0 Å². The molecule has 0 radical (unpaired) electrons. The molecule has 142 valence electrons. The zero-order valence-electron chi connectivity index (χ0n) is 16.1. The third-order valence-corrected chi connectivity index (χ3v) is 5.75. The lowest BCUT2D eigenvalue weighted by Gasteiger charge is -2.39. The van der Waals surface area contributed by atoms with Gasteiger partial charge in [0.25, 0.3) is 0 Å². The van der Waals surface area contributed by atoms with Gasteiger partial charge in [0.15, 0.2) is 11.5 Å². The third kappa shape index (κ3) is 3.56. The number of imide groups is 1. The van der Waals surface area contributed by atoms with Gasteiger partial charge in [-0.3, -0.25) is 19.4 Å². The molecule has 2 aliphatic rings. The van der Waals surface area contributed by atoms with Gasteiger partial charge in [0.1, 0.15) is 0 Å². The number of amides is 2. The molecule has 0 atom stereocenters. The van der Waals surface area contributed by atoms with Crippen molar-refractivity contribution in [2.45, 2.75) is 46.1 Å². The first-order valence-electron chi connectivity index (χ1n) is 9.18. The van der Waals surface area contributed by atoms with Crippen molar-refractivity contribution < 1.29 is 19.1 Å². The molecule has 1 fully saturated rings. The predicted molar refractivity (Wildman–Crippen MR) is 98.0 cm³/mol. The lowest BCUT2D eigenvalue weighted by atomic mass is 9.77. The number of carbonyl (C=O) groups is 2. The van der Waals surface area contributed by atoms with Gasteiger partial charge < -0.3 is 9.47 Å². The van der Waals surface area contributed by atoms with Gasteiger partial charge in [-0.15, -0.1) is 0 Å². The number of ether oxygens (including phenoxy) is 2. The first-order chi connectivity index (χ1) is 12.4. The quantitative estimate of drug-likeness (QED) is 0.756. The van der Waals surface area contributed by atoms with Gasteiger partial charge in [0.05, 0.1) is 20.9 Å². The van der Waals surface area contributed by atoms with E-state index in [1.165, 1.54) is 10.5 Å². The summed E-state index contributed by atoms with van der Waals surface area (Å²) in [7, 11) is 3.26. The summed E-state index contributed by atoms with van der Waals surface area (Å²) >= 11 is 0. The zero-order chi connectivity index (χ0) is 18.9. The van der Waals surface area contributed by atoms with E-state index in [0.29, 0.717) is 31.8 Å². The smallest absolute Gasteiger partial charge is 0.230 e. The van der Waals surface area contributed by atoms with Crippen LogP contribution < -0.4 is 9.47 Å². The summed E-state index contributed by atoms with van der Waals surface area (Å²) in [5.74, 6) is 1.34. The van der Waals surface area contributed by atoms with Crippen molar-refractivity contribution in [1.82, 2.24) is 9.80 Å². The highest BCUT2D eigenvalue weighted by Gasteiger charge is 2.40. The normalized spacial score (nSPS) is 20.1. The molecule has 6 nitrogen and oxygen atoms in total. The van der Waals surface area contributed by atoms with Crippen molar-refractivity contribution in [3.8, 4) is 11.5 Å². The molecule has 0 saturated carbocycles. The minimum Gasteiger partial charge on any atom is -0.493 e. The maximum atomic E-state index is 12.5. The summed E-state index contributed by atoms with van der Waals surface area (Å²) in [4.78, 5) is 28.6. The maximum absolute atomic E-state index is 12.5. The van der Waals surface area contributed by atoms with Crippen LogP contribution in [0.25, 0.3) is 0 Å². The van der Waals surface area contributed by atoms with Crippen LogP contribution >= 0.6 is 0 Å². The third-order valence-electron chi connectivity index (χ3n) is 5.75. The zero-order valence-corrected chi connectivity index (χ0v) is 16.1. The van der Waals surface area contributed by atoms with E-state index in [1.54, 1.807) is 14.2 Å². The molecule has 0 bridgehead atoms. The molecular formula is C20H28N2O4. The van der Waals surface area contributed by atoms with Gasteiger partial charge in [-0.2, -0.15) is 0 Å². The molecular weight excluding hydrogens is 332 g/mol. The van der Waals surface area contributed by atoms with Crippen molar-refractivity contribution in [1.29, 1.82) is 0 Å². The molecule has 0 aliphatic carbocycles. The molecule has 0 aromatic heterocycles. The van der Waals surface area contributed by atoms with E-state index in [9.17, 15) is 9.59 Å². The highest BCUT2D eigenvalue weighted by molar-refractivity contribution is 5.98. The Morgan fingerprint density at radius 3 is 2.15 bits per heavy atom. The monoisotopic (exact) mass is 360 g/mol. The van der Waals surface area contributed by atoms with Gasteiger partial charge in [0, 0.05) is 25.9 Å². The fourth-order valence-electron chi connectivity index (χ4n) is 3.79. The van der Waals surface area contributed by atoms with Crippen LogP contribution in [0.15, 0.2) is 12.1 Å². The summed E-state index contributed by atoms with van der Waals surface area (Å²) in [6, 6.07) is 4.02. The van der Waals surface area contributed by atoms with E-state index in [0.717, 1.165) is 30.7 Å². The summed E-state index contributed by atoms with van der Waals surface area (Å²) in [6.45, 7) is 5.93. The number of benzene rings is 1. The number of piperidine rings is 1. The molecule has 2 aliphatic heterocycles. The first-order valence-corrected chi connectivity index (χ1v) is 9.18. The molecule has 1 aromatic rings. The number of rotatable bonds is 5. The molecule has 1 saturated heterocycles. The Hall–Kier alpha value is -2.08. The van der Waals surface area contributed by atoms with E-state index in [-0.39, 0.29) is 17.2 Å². The van der Waals surface area contributed by atoms with Crippen molar-refractivity contribution >= 4 is 11.8 Å². The molecule has 0 unspecified atom stereocenters. The lowest BCUT2D eigenvalue weighted by Crippen LogP contribution is -2.51. The van der Waals surface area contributed by atoms with Crippen LogP contribution in [0, 0.1) is 5.41 Å². The average molecular weight is 360 g/mol. The fourth-order valence-corrected chi connectivity index (χ4v) is 3.79. The Kier molecular flexibility index (Phi) is 5.23. The van der Waals surface area contributed by atoms with E-state index in [2.05, 4.69) is 4.90 Å². The number of likely N-dealkylation sites (tertiary alicyclic amines) is 1. The Morgan fingerprint density at radius 1 is 1.04 bits per heavy atom. The molecule has 2 amide bonds. The Balaban J connectivity index is 1.72. The minimum atomic E-state index is -0.191. The van der Waals surface area contributed by atoms with Crippen molar-refractivity contribution in [3.63, 3.8) is 0 Å². The minimum absolute atomic E-state index is 0.0521. The molecule has 2 heterocycles. The molecule has 26 heavy (non-hydrogen) atoms. The second-order valence-corrected chi connectivity index (χ2v) is 7.65. The SMILES string of the molecule is CCC1(C)CC(=O)N(CN2CCc3cc(OC)c(OC)cc3C2)C(=O)C1. The summed E-state index contributed by atoms with van der Waals surface area (Å²) < 4.78 is 10.8. The van der Waals surface area contributed by atoms with Crippen LogP contribution in [0.2, 0.25) is 0 Å². The fraction of sp³-hybridized carbons (Fsp3) is 0.600. The number of fused-ring (bicyclic) bond motifs is 1. The van der Waals surface area contributed by atoms with E-state index >= 15 is 0 Å². The Bertz CT molecular complexity index is 698. The highest BCUT2D eigenvalue weighted by atomic mass is 16.5. The molecule has 6 heteroatoms. The number of carbonyl (C=O) groups excluding carboxylic acids is 2. The lowest BCUT2D eigenvalue weighted by molar-refractivity contribution is -0.156. The molecule has 1 aromatic carbocycles. The Morgan fingerprint density at radius 2 is 1.62 bits per heavy atom. The number of hydrogen-bond donors (Lipinski definition) is 0. The van der Waals surface area contributed by atoms with Crippen molar-refractivity contribution in [2.24, 2.45) is 5.41 Å². The van der Waals surface area contributed by atoms with Crippen LogP contribution in [0.4, 0.5) is 0 Å². The van der Waals surface area contributed by atoms with E-state index in [4.69, 9.17) is 9.47 Å². The summed E-state index contributed by atoms with van der Waals surface area (Å²) in [6.07, 6.45) is 2.60. The van der Waals surface area contributed by atoms with Gasteiger partial charge in [-0.1, -0.05) is 13.8 Å². The second kappa shape index (κ2) is 7.27. The first kappa shape index (κ1) is 18.7. The average Bonchev–Trinajstić information content (AvgIpc) is 2.63. The largest absolute Gasteiger partial charge is 0.493 e. The van der Waals surface area contributed by atoms with Crippen molar-refractivity contribution in [3.05, 3.63) is 23.3 Å².